The molecule has 0 saturated carbocycles. The summed E-state index contributed by atoms with van der Waals surface area (Å²) in [5, 5.41) is 2.66. The van der Waals surface area contributed by atoms with E-state index in [1.54, 1.807) is 0 Å². The third-order valence-electron chi connectivity index (χ3n) is 1.45. The molecule has 0 bridgehead atoms. The van der Waals surface area contributed by atoms with Gasteiger partial charge in [-0.05, 0) is 19.1 Å². The molecule has 0 aliphatic heterocycles. The minimum atomic E-state index is -0.0773. The van der Waals surface area contributed by atoms with Crippen LogP contribution in [-0.2, 0) is 4.57 Å². The minimum absolute atomic E-state index is 0.0561. The molecule has 0 fully saturated rings. The smallest absolute Gasteiger partial charge is 0.247 e. The third kappa shape index (κ3) is 3.85. The zero-order valence-electron chi connectivity index (χ0n) is 7.32. The van der Waals surface area contributed by atoms with E-state index in [1.807, 2.05) is 37.3 Å². The first-order valence-corrected chi connectivity index (χ1v) is 4.78. The first-order valence-electron chi connectivity index (χ1n) is 3.97. The lowest BCUT2D eigenvalue weighted by atomic mass is 10.2. The predicted octanol–water partition coefficient (Wildman–Crippen LogP) is 2.22. The van der Waals surface area contributed by atoms with E-state index < -0.39 is 0 Å². The maximum atomic E-state index is 10.1. The zero-order valence-corrected chi connectivity index (χ0v) is 8.21. The molecule has 0 amide bonds. The maximum Gasteiger partial charge on any atom is 0.247 e. The number of nitrogens with one attached hydrogen (secondary N) is 1. The Morgan fingerprint density at radius 3 is 2.69 bits per heavy atom. The highest BCUT2D eigenvalue weighted by molar-refractivity contribution is 7.21. The second kappa shape index (κ2) is 5.48. The van der Waals surface area contributed by atoms with Gasteiger partial charge in [0.05, 0.1) is 6.04 Å². The molecule has 0 aliphatic rings. The summed E-state index contributed by atoms with van der Waals surface area (Å²) in [4.78, 5) is 0. The van der Waals surface area contributed by atoms with Crippen molar-refractivity contribution in [3.8, 4) is 11.8 Å². The van der Waals surface area contributed by atoms with Crippen molar-refractivity contribution in [2.24, 2.45) is 0 Å². The SMILES string of the molecule is C[C@@H](C#Cc1ccccc1)NP=O. The van der Waals surface area contributed by atoms with E-state index in [4.69, 9.17) is 0 Å². The molecule has 66 valence electrons. The summed E-state index contributed by atoms with van der Waals surface area (Å²) < 4.78 is 10.1. The molecule has 13 heavy (non-hydrogen) atoms. The highest BCUT2D eigenvalue weighted by atomic mass is 31.1. The van der Waals surface area contributed by atoms with E-state index in [0.29, 0.717) is 0 Å². The monoisotopic (exact) mass is 191 g/mol. The highest BCUT2D eigenvalue weighted by Gasteiger charge is 1.91. The van der Waals surface area contributed by atoms with E-state index in [0.717, 1.165) is 5.56 Å². The molecule has 1 atom stereocenters. The Hall–Kier alpha value is -1.16. The number of hydrogen-bond acceptors (Lipinski definition) is 1. The van der Waals surface area contributed by atoms with E-state index in [1.165, 1.54) is 0 Å². The second-order valence-corrected chi connectivity index (χ2v) is 3.02. The van der Waals surface area contributed by atoms with Gasteiger partial charge in [0.2, 0.25) is 8.61 Å². The van der Waals surface area contributed by atoms with Gasteiger partial charge in [-0.2, -0.15) is 0 Å². The average molecular weight is 191 g/mol. The fourth-order valence-electron chi connectivity index (χ4n) is 0.824. The molecule has 0 aromatic heterocycles. The van der Waals surface area contributed by atoms with Crippen molar-refractivity contribution in [3.05, 3.63) is 35.9 Å². The maximum absolute atomic E-state index is 10.1. The van der Waals surface area contributed by atoms with Crippen LogP contribution in [0.1, 0.15) is 12.5 Å². The summed E-state index contributed by atoms with van der Waals surface area (Å²) >= 11 is 0. The average Bonchev–Trinajstić information content (AvgIpc) is 2.17. The molecule has 0 saturated heterocycles. The Labute approximate surface area is 79.6 Å². The van der Waals surface area contributed by atoms with Crippen molar-refractivity contribution in [1.82, 2.24) is 5.09 Å². The van der Waals surface area contributed by atoms with Gasteiger partial charge in [-0.25, -0.2) is 5.09 Å². The standard InChI is InChI=1S/C10H10NOP/c1-9(11-13-12)7-8-10-5-3-2-4-6-10/h2-6,9H,1H3,(H,11,12)/t9-/m0/s1. The van der Waals surface area contributed by atoms with Gasteiger partial charge in [0.1, 0.15) is 0 Å². The van der Waals surface area contributed by atoms with Crippen molar-refractivity contribution in [2.45, 2.75) is 13.0 Å². The van der Waals surface area contributed by atoms with Crippen LogP contribution in [0, 0.1) is 11.8 Å². The van der Waals surface area contributed by atoms with Crippen molar-refractivity contribution < 1.29 is 4.57 Å². The molecule has 2 nitrogen and oxygen atoms in total. The van der Waals surface area contributed by atoms with Gasteiger partial charge in [-0.15, -0.1) is 0 Å². The van der Waals surface area contributed by atoms with Crippen LogP contribution in [0.2, 0.25) is 0 Å². The number of hydrogen-bond donors (Lipinski definition) is 1. The third-order valence-corrected chi connectivity index (χ3v) is 1.95. The quantitative estimate of drug-likeness (QED) is 0.573. The Morgan fingerprint density at radius 1 is 1.38 bits per heavy atom. The van der Waals surface area contributed by atoms with Crippen LogP contribution < -0.4 is 5.09 Å². The van der Waals surface area contributed by atoms with Crippen molar-refractivity contribution in [1.29, 1.82) is 0 Å². The highest BCUT2D eigenvalue weighted by Crippen LogP contribution is 1.95. The topological polar surface area (TPSA) is 29.1 Å². The predicted molar refractivity (Wildman–Crippen MR) is 53.5 cm³/mol. The second-order valence-electron chi connectivity index (χ2n) is 2.58. The lowest BCUT2D eigenvalue weighted by Gasteiger charge is -1.95. The molecular formula is C10H10NOP. The molecule has 0 heterocycles. The summed E-state index contributed by atoms with van der Waals surface area (Å²) in [5.41, 5.74) is 0.971. The molecule has 1 aromatic rings. The summed E-state index contributed by atoms with van der Waals surface area (Å²) in [5.74, 6) is 5.91. The van der Waals surface area contributed by atoms with Crippen molar-refractivity contribution in [3.63, 3.8) is 0 Å². The summed E-state index contributed by atoms with van der Waals surface area (Å²) in [7, 11) is -0.0773. The molecule has 0 aliphatic carbocycles. The van der Waals surface area contributed by atoms with Gasteiger partial charge >= 0.3 is 0 Å². The van der Waals surface area contributed by atoms with E-state index >= 15 is 0 Å². The van der Waals surface area contributed by atoms with Crippen LogP contribution in [-0.4, -0.2) is 6.04 Å². The Balaban J connectivity index is 2.62. The summed E-state index contributed by atoms with van der Waals surface area (Å²) in [6.07, 6.45) is 0. The van der Waals surface area contributed by atoms with Crippen LogP contribution >= 0.6 is 8.61 Å². The first-order chi connectivity index (χ1) is 6.33. The Bertz CT molecular complexity index is 326. The molecule has 1 rings (SSSR count). The fraction of sp³-hybridized carbons (Fsp3) is 0.200. The van der Waals surface area contributed by atoms with Gasteiger partial charge in [0.15, 0.2) is 0 Å². The van der Waals surface area contributed by atoms with Gasteiger partial charge in [-0.1, -0.05) is 30.0 Å². The van der Waals surface area contributed by atoms with Crippen LogP contribution in [0.25, 0.3) is 0 Å². The largest absolute Gasteiger partial charge is 0.256 e. The van der Waals surface area contributed by atoms with Crippen molar-refractivity contribution in [2.75, 3.05) is 0 Å². The molecule has 0 spiro atoms. The van der Waals surface area contributed by atoms with Gasteiger partial charge < -0.3 is 0 Å². The summed E-state index contributed by atoms with van der Waals surface area (Å²) in [6.45, 7) is 1.86. The van der Waals surface area contributed by atoms with E-state index in [9.17, 15) is 4.57 Å². The van der Waals surface area contributed by atoms with Gasteiger partial charge in [-0.3, -0.25) is 4.57 Å². The van der Waals surface area contributed by atoms with Crippen LogP contribution in [0.15, 0.2) is 30.3 Å². The first kappa shape index (κ1) is 9.92. The number of rotatable bonds is 2. The Kier molecular flexibility index (Phi) is 4.18. The lowest BCUT2D eigenvalue weighted by Crippen LogP contribution is -2.12. The zero-order chi connectivity index (χ0) is 9.52. The summed E-state index contributed by atoms with van der Waals surface area (Å²) in [6, 6.07) is 9.65. The molecule has 0 unspecified atom stereocenters. The van der Waals surface area contributed by atoms with Crippen LogP contribution in [0.4, 0.5) is 0 Å². The van der Waals surface area contributed by atoms with Gasteiger partial charge in [0.25, 0.3) is 0 Å². The fourth-order valence-corrected chi connectivity index (χ4v) is 1.05. The normalized spacial score (nSPS) is 11.8. The van der Waals surface area contributed by atoms with Crippen LogP contribution in [0.5, 0.6) is 0 Å². The Morgan fingerprint density at radius 2 is 2.08 bits per heavy atom. The molecular weight excluding hydrogens is 181 g/mol. The van der Waals surface area contributed by atoms with E-state index in [-0.39, 0.29) is 14.7 Å². The van der Waals surface area contributed by atoms with Gasteiger partial charge in [0, 0.05) is 5.56 Å². The lowest BCUT2D eigenvalue weighted by molar-refractivity contribution is 0.589. The van der Waals surface area contributed by atoms with Crippen molar-refractivity contribution >= 4 is 8.61 Å². The molecule has 3 heteroatoms. The minimum Gasteiger partial charge on any atom is -0.256 e. The molecule has 1 aromatic carbocycles. The molecule has 1 N–H and O–H groups in total. The molecule has 0 radical (unpaired) electrons. The van der Waals surface area contributed by atoms with E-state index in [2.05, 4.69) is 16.9 Å². The van der Waals surface area contributed by atoms with Crippen LogP contribution in [0.3, 0.4) is 0 Å². The number of benzene rings is 1.